The first kappa shape index (κ1) is 15.9. The van der Waals surface area contributed by atoms with Gasteiger partial charge in [0.2, 0.25) is 0 Å². The molecule has 3 aromatic rings. The quantitative estimate of drug-likeness (QED) is 0.728. The van der Waals surface area contributed by atoms with E-state index in [1.165, 1.54) is 6.07 Å². The number of aromatic nitrogens is 2. The standard InChI is InChI=1S/C20H18N2O2/c1-14(15-8-4-2-5-9-15)12-18(23)17-13-19(24)22-20(21-17)16-10-6-3-7-11-16/h2-11,13-14H,12H2,1H3,(H,21,22,24)/t14-/m0/s1. The van der Waals surface area contributed by atoms with Gasteiger partial charge in [-0.25, -0.2) is 4.98 Å². The van der Waals surface area contributed by atoms with E-state index >= 15 is 0 Å². The van der Waals surface area contributed by atoms with E-state index in [0.29, 0.717) is 12.2 Å². The summed E-state index contributed by atoms with van der Waals surface area (Å²) < 4.78 is 0. The van der Waals surface area contributed by atoms with Crippen molar-refractivity contribution >= 4 is 5.78 Å². The number of H-pyrrole nitrogens is 1. The molecule has 0 spiro atoms. The summed E-state index contributed by atoms with van der Waals surface area (Å²) in [5.74, 6) is 0.355. The minimum absolute atomic E-state index is 0.0694. The van der Waals surface area contributed by atoms with Gasteiger partial charge in [0.15, 0.2) is 5.78 Å². The van der Waals surface area contributed by atoms with Crippen molar-refractivity contribution in [2.24, 2.45) is 0 Å². The SMILES string of the molecule is C[C@@H](CC(=O)c1cc(=O)[nH]c(-c2ccccc2)n1)c1ccccc1. The molecule has 4 heteroatoms. The van der Waals surface area contributed by atoms with Crippen LogP contribution in [0.1, 0.15) is 35.3 Å². The van der Waals surface area contributed by atoms with E-state index < -0.39 is 0 Å². The smallest absolute Gasteiger partial charge is 0.251 e. The molecular weight excluding hydrogens is 300 g/mol. The van der Waals surface area contributed by atoms with Gasteiger partial charge in [0, 0.05) is 18.1 Å². The molecule has 0 bridgehead atoms. The van der Waals surface area contributed by atoms with Crippen LogP contribution in [0.4, 0.5) is 0 Å². The zero-order chi connectivity index (χ0) is 16.9. The molecule has 0 amide bonds. The molecule has 0 aliphatic heterocycles. The van der Waals surface area contributed by atoms with E-state index in [-0.39, 0.29) is 23.0 Å². The van der Waals surface area contributed by atoms with E-state index in [0.717, 1.165) is 11.1 Å². The summed E-state index contributed by atoms with van der Waals surface area (Å²) in [6.45, 7) is 2.00. The Bertz CT molecular complexity index is 886. The monoisotopic (exact) mass is 318 g/mol. The molecule has 4 nitrogen and oxygen atoms in total. The molecule has 1 N–H and O–H groups in total. The fourth-order valence-corrected chi connectivity index (χ4v) is 2.62. The third-order valence-corrected chi connectivity index (χ3v) is 3.93. The van der Waals surface area contributed by atoms with Crippen LogP contribution < -0.4 is 5.56 Å². The number of rotatable bonds is 5. The van der Waals surface area contributed by atoms with Gasteiger partial charge in [-0.1, -0.05) is 67.6 Å². The summed E-state index contributed by atoms with van der Waals surface area (Å²) in [5.41, 5.74) is 1.76. The Morgan fingerprint density at radius 2 is 1.67 bits per heavy atom. The Morgan fingerprint density at radius 3 is 2.33 bits per heavy atom. The molecule has 0 radical (unpaired) electrons. The summed E-state index contributed by atoms with van der Waals surface area (Å²) in [7, 11) is 0. The van der Waals surface area contributed by atoms with Crippen LogP contribution in [0.25, 0.3) is 11.4 Å². The van der Waals surface area contributed by atoms with Crippen molar-refractivity contribution in [3.8, 4) is 11.4 Å². The van der Waals surface area contributed by atoms with Crippen molar-refractivity contribution in [1.82, 2.24) is 9.97 Å². The molecule has 1 atom stereocenters. The lowest BCUT2D eigenvalue weighted by Gasteiger charge is -2.11. The maximum Gasteiger partial charge on any atom is 0.251 e. The summed E-state index contributed by atoms with van der Waals surface area (Å²) in [5, 5.41) is 0. The van der Waals surface area contributed by atoms with Gasteiger partial charge in [0.25, 0.3) is 5.56 Å². The Labute approximate surface area is 140 Å². The van der Waals surface area contributed by atoms with Crippen molar-refractivity contribution in [3.05, 3.63) is 88.3 Å². The van der Waals surface area contributed by atoms with E-state index in [1.807, 2.05) is 67.6 Å². The maximum atomic E-state index is 12.5. The van der Waals surface area contributed by atoms with Crippen molar-refractivity contribution in [3.63, 3.8) is 0 Å². The van der Waals surface area contributed by atoms with Gasteiger partial charge < -0.3 is 4.98 Å². The number of nitrogens with zero attached hydrogens (tertiary/aromatic N) is 1. The minimum atomic E-state index is -0.320. The van der Waals surface area contributed by atoms with Crippen LogP contribution in [0, 0.1) is 0 Å². The first-order valence-corrected chi connectivity index (χ1v) is 7.88. The average molecular weight is 318 g/mol. The molecule has 0 saturated heterocycles. The Balaban J connectivity index is 1.85. The molecule has 3 rings (SSSR count). The second-order valence-corrected chi connectivity index (χ2v) is 5.78. The zero-order valence-electron chi connectivity index (χ0n) is 13.4. The Kier molecular flexibility index (Phi) is 4.66. The van der Waals surface area contributed by atoms with Crippen molar-refractivity contribution in [1.29, 1.82) is 0 Å². The third-order valence-electron chi connectivity index (χ3n) is 3.93. The van der Waals surface area contributed by atoms with Crippen LogP contribution in [-0.2, 0) is 0 Å². The number of ketones is 1. The molecule has 120 valence electrons. The molecule has 0 aliphatic carbocycles. The number of carbonyl (C=O) groups is 1. The lowest BCUT2D eigenvalue weighted by molar-refractivity contribution is 0.0970. The largest absolute Gasteiger partial charge is 0.306 e. The van der Waals surface area contributed by atoms with E-state index in [2.05, 4.69) is 9.97 Å². The number of benzene rings is 2. The third kappa shape index (κ3) is 3.66. The average Bonchev–Trinajstić information content (AvgIpc) is 2.62. The van der Waals surface area contributed by atoms with Crippen LogP contribution >= 0.6 is 0 Å². The highest BCUT2D eigenvalue weighted by Crippen LogP contribution is 2.21. The highest BCUT2D eigenvalue weighted by molar-refractivity contribution is 5.95. The Hall–Kier alpha value is -3.01. The molecule has 1 heterocycles. The van der Waals surface area contributed by atoms with Crippen molar-refractivity contribution < 1.29 is 4.79 Å². The second-order valence-electron chi connectivity index (χ2n) is 5.78. The number of carbonyl (C=O) groups excluding carboxylic acids is 1. The topological polar surface area (TPSA) is 62.8 Å². The number of hydrogen-bond donors (Lipinski definition) is 1. The van der Waals surface area contributed by atoms with Crippen LogP contribution in [0.15, 0.2) is 71.5 Å². The molecular formula is C20H18N2O2. The van der Waals surface area contributed by atoms with Crippen LogP contribution in [0.3, 0.4) is 0 Å². The minimum Gasteiger partial charge on any atom is -0.306 e. The van der Waals surface area contributed by atoms with E-state index in [4.69, 9.17) is 0 Å². The van der Waals surface area contributed by atoms with Crippen LogP contribution in [-0.4, -0.2) is 15.8 Å². The van der Waals surface area contributed by atoms with E-state index in [9.17, 15) is 9.59 Å². The predicted octanol–water partition coefficient (Wildman–Crippen LogP) is 3.81. The zero-order valence-corrected chi connectivity index (χ0v) is 13.4. The van der Waals surface area contributed by atoms with Gasteiger partial charge >= 0.3 is 0 Å². The number of hydrogen-bond acceptors (Lipinski definition) is 3. The lowest BCUT2D eigenvalue weighted by atomic mass is 9.95. The summed E-state index contributed by atoms with van der Waals surface area (Å²) in [4.78, 5) is 31.5. The van der Waals surface area contributed by atoms with Gasteiger partial charge in [-0.3, -0.25) is 9.59 Å². The fraction of sp³-hybridized carbons (Fsp3) is 0.150. The van der Waals surface area contributed by atoms with Gasteiger partial charge in [-0.15, -0.1) is 0 Å². The number of aromatic amines is 1. The van der Waals surface area contributed by atoms with Crippen LogP contribution in [0.2, 0.25) is 0 Å². The Morgan fingerprint density at radius 1 is 1.04 bits per heavy atom. The van der Waals surface area contributed by atoms with Gasteiger partial charge in [-0.2, -0.15) is 0 Å². The predicted molar refractivity (Wildman–Crippen MR) is 94.1 cm³/mol. The maximum absolute atomic E-state index is 12.5. The molecule has 0 saturated carbocycles. The lowest BCUT2D eigenvalue weighted by Crippen LogP contribution is -2.15. The highest BCUT2D eigenvalue weighted by atomic mass is 16.1. The molecule has 24 heavy (non-hydrogen) atoms. The van der Waals surface area contributed by atoms with Crippen molar-refractivity contribution in [2.45, 2.75) is 19.3 Å². The fourth-order valence-electron chi connectivity index (χ4n) is 2.62. The normalized spacial score (nSPS) is 11.9. The van der Waals surface area contributed by atoms with Gasteiger partial charge in [0.1, 0.15) is 11.5 Å². The molecule has 1 aromatic heterocycles. The summed E-state index contributed by atoms with van der Waals surface area (Å²) in [6, 6.07) is 20.4. The molecule has 0 fully saturated rings. The van der Waals surface area contributed by atoms with Gasteiger partial charge in [-0.05, 0) is 11.5 Å². The second kappa shape index (κ2) is 7.04. The molecule has 0 unspecified atom stereocenters. The molecule has 2 aromatic carbocycles. The number of Topliss-reactive ketones (excluding diaryl/α,β-unsaturated/α-hetero) is 1. The highest BCUT2D eigenvalue weighted by Gasteiger charge is 2.16. The van der Waals surface area contributed by atoms with E-state index in [1.54, 1.807) is 0 Å². The number of nitrogens with one attached hydrogen (secondary N) is 1. The first-order valence-electron chi connectivity index (χ1n) is 7.88. The molecule has 0 aliphatic rings. The van der Waals surface area contributed by atoms with Gasteiger partial charge in [0.05, 0.1) is 0 Å². The summed E-state index contributed by atoms with van der Waals surface area (Å²) in [6.07, 6.45) is 0.314. The summed E-state index contributed by atoms with van der Waals surface area (Å²) >= 11 is 0. The van der Waals surface area contributed by atoms with Crippen molar-refractivity contribution in [2.75, 3.05) is 0 Å². The first-order chi connectivity index (χ1) is 11.6. The van der Waals surface area contributed by atoms with Crippen LogP contribution in [0.5, 0.6) is 0 Å².